The number of rotatable bonds is 12. The zero-order valence-corrected chi connectivity index (χ0v) is 23.4. The normalized spacial score (nSPS) is 24.3. The van der Waals surface area contributed by atoms with Crippen molar-refractivity contribution in [3.8, 4) is 0 Å². The minimum atomic E-state index is -1.29. The Kier molecular flexibility index (Phi) is 10.7. The summed E-state index contributed by atoms with van der Waals surface area (Å²) in [4.78, 5) is 49.3. The van der Waals surface area contributed by atoms with E-state index in [0.29, 0.717) is 0 Å². The average molecular weight is 587 g/mol. The largest absolute Gasteiger partial charge is 0.467 e. The van der Waals surface area contributed by atoms with Crippen LogP contribution in [0.5, 0.6) is 0 Å². The van der Waals surface area contributed by atoms with Gasteiger partial charge in [-0.15, -0.1) is 0 Å². The van der Waals surface area contributed by atoms with Crippen LogP contribution < -0.4 is 10.6 Å². The highest BCUT2D eigenvalue weighted by Crippen LogP contribution is 2.31. The second-order valence-corrected chi connectivity index (χ2v) is 9.71. The molecule has 4 rings (SSSR count). The van der Waals surface area contributed by atoms with Gasteiger partial charge in [0, 0.05) is 6.92 Å². The lowest BCUT2D eigenvalue weighted by Gasteiger charge is -2.42. The standard InChI is InChI=1S/C29H34N2O11/c1-17(22(26(33)36-3)30-28(34)38-15-20-12-8-5-9-13-20)39-27-23-25(42-29(35)31-23)24(40-18(2)32)21(41-27)16-37-14-19-10-6-4-7-11-19/h4-13,17,21-25,27H,14-16H2,1-3H3,(H,30,34)(H,31,35)/t17-,21-,22+,23-,24+,25-,27-/m1/s1. The van der Waals surface area contributed by atoms with Crippen LogP contribution in [0.15, 0.2) is 60.7 Å². The molecule has 0 radical (unpaired) electrons. The summed E-state index contributed by atoms with van der Waals surface area (Å²) in [6, 6.07) is 16.2. The number of fused-ring (bicyclic) bond motifs is 1. The van der Waals surface area contributed by atoms with Gasteiger partial charge in [0.25, 0.3) is 0 Å². The van der Waals surface area contributed by atoms with E-state index in [4.69, 9.17) is 33.2 Å². The van der Waals surface area contributed by atoms with Crippen LogP contribution in [-0.2, 0) is 56.0 Å². The minimum absolute atomic E-state index is 0.0170. The first-order valence-electron chi connectivity index (χ1n) is 13.4. The van der Waals surface area contributed by atoms with E-state index >= 15 is 0 Å². The molecule has 2 N–H and O–H groups in total. The maximum atomic E-state index is 12.6. The number of carbonyl (C=O) groups is 4. The van der Waals surface area contributed by atoms with Gasteiger partial charge in [-0.25, -0.2) is 14.4 Å². The molecule has 2 aromatic rings. The Labute approximate surface area is 242 Å². The average Bonchev–Trinajstić information content (AvgIpc) is 3.38. The zero-order valence-electron chi connectivity index (χ0n) is 23.4. The molecule has 0 spiro atoms. The van der Waals surface area contributed by atoms with Crippen LogP contribution in [0.1, 0.15) is 25.0 Å². The molecule has 2 aromatic carbocycles. The van der Waals surface area contributed by atoms with E-state index in [-0.39, 0.29) is 19.8 Å². The van der Waals surface area contributed by atoms with E-state index in [1.165, 1.54) is 21.0 Å². The number of esters is 2. The first kappa shape index (κ1) is 30.8. The Bertz CT molecular complexity index is 1210. The first-order chi connectivity index (χ1) is 20.2. The summed E-state index contributed by atoms with van der Waals surface area (Å²) in [7, 11) is 1.17. The molecule has 13 heteroatoms. The van der Waals surface area contributed by atoms with Crippen LogP contribution in [0.2, 0.25) is 0 Å². The van der Waals surface area contributed by atoms with Crippen LogP contribution in [-0.4, -0.2) is 80.6 Å². The van der Waals surface area contributed by atoms with Crippen molar-refractivity contribution in [2.75, 3.05) is 13.7 Å². The van der Waals surface area contributed by atoms with Crippen molar-refractivity contribution in [2.24, 2.45) is 0 Å². The monoisotopic (exact) mass is 586 g/mol. The third-order valence-electron chi connectivity index (χ3n) is 6.63. The molecule has 2 aliphatic heterocycles. The van der Waals surface area contributed by atoms with Crippen molar-refractivity contribution in [3.05, 3.63) is 71.8 Å². The van der Waals surface area contributed by atoms with Gasteiger partial charge >= 0.3 is 24.1 Å². The summed E-state index contributed by atoms with van der Waals surface area (Å²) >= 11 is 0. The third-order valence-corrected chi connectivity index (χ3v) is 6.63. The summed E-state index contributed by atoms with van der Waals surface area (Å²) < 4.78 is 39.0. The molecule has 42 heavy (non-hydrogen) atoms. The molecule has 0 aliphatic carbocycles. The third kappa shape index (κ3) is 8.18. The number of alkyl carbamates (subject to hydrolysis) is 2. The molecular formula is C29H34N2O11. The number of benzene rings is 2. The zero-order chi connectivity index (χ0) is 30.1. The molecule has 0 aromatic heterocycles. The number of hydrogen-bond acceptors (Lipinski definition) is 11. The summed E-state index contributed by atoms with van der Waals surface area (Å²) in [6.45, 7) is 2.95. The van der Waals surface area contributed by atoms with E-state index in [9.17, 15) is 19.2 Å². The van der Waals surface area contributed by atoms with Crippen molar-refractivity contribution in [3.63, 3.8) is 0 Å². The van der Waals surface area contributed by atoms with Gasteiger partial charge in [-0.2, -0.15) is 0 Å². The molecule has 13 nitrogen and oxygen atoms in total. The summed E-state index contributed by atoms with van der Waals surface area (Å²) in [5.41, 5.74) is 1.67. The summed E-state index contributed by atoms with van der Waals surface area (Å²) in [5, 5.41) is 5.07. The maximum absolute atomic E-state index is 12.6. The lowest BCUT2D eigenvalue weighted by Crippen LogP contribution is -2.63. The van der Waals surface area contributed by atoms with Crippen molar-refractivity contribution in [2.45, 2.75) is 69.9 Å². The number of nitrogens with one attached hydrogen (secondary N) is 2. The lowest BCUT2D eigenvalue weighted by atomic mass is 9.97. The van der Waals surface area contributed by atoms with Crippen molar-refractivity contribution >= 4 is 24.1 Å². The molecule has 0 unspecified atom stereocenters. The smallest absolute Gasteiger partial charge is 0.408 e. The van der Waals surface area contributed by atoms with Crippen LogP contribution in [0.3, 0.4) is 0 Å². The predicted octanol–water partition coefficient (Wildman–Crippen LogP) is 2.21. The number of carbonyl (C=O) groups excluding carboxylic acids is 4. The summed E-state index contributed by atoms with van der Waals surface area (Å²) in [5.74, 6) is -1.39. The number of methoxy groups -OCH3 is 1. The Hall–Kier alpha value is -4.20. The van der Waals surface area contributed by atoms with E-state index in [1.807, 2.05) is 36.4 Å². The molecule has 2 heterocycles. The molecule has 0 bridgehead atoms. The van der Waals surface area contributed by atoms with Gasteiger partial charge in [-0.1, -0.05) is 60.7 Å². The van der Waals surface area contributed by atoms with Crippen LogP contribution in [0.4, 0.5) is 9.59 Å². The molecule has 7 atom stereocenters. The van der Waals surface area contributed by atoms with Gasteiger partial charge < -0.3 is 43.8 Å². The van der Waals surface area contributed by atoms with E-state index in [2.05, 4.69) is 10.6 Å². The fourth-order valence-electron chi connectivity index (χ4n) is 4.62. The molecule has 226 valence electrons. The van der Waals surface area contributed by atoms with Crippen LogP contribution in [0, 0.1) is 0 Å². The van der Waals surface area contributed by atoms with Gasteiger partial charge in [-0.3, -0.25) is 4.79 Å². The highest BCUT2D eigenvalue weighted by atomic mass is 16.7. The number of hydrogen-bond donors (Lipinski definition) is 2. The Morgan fingerprint density at radius 3 is 2.26 bits per heavy atom. The highest BCUT2D eigenvalue weighted by molar-refractivity contribution is 5.81. The lowest BCUT2D eigenvalue weighted by molar-refractivity contribution is -0.277. The Morgan fingerprint density at radius 2 is 1.64 bits per heavy atom. The molecule has 2 aliphatic rings. The van der Waals surface area contributed by atoms with Crippen molar-refractivity contribution in [1.29, 1.82) is 0 Å². The number of ether oxygens (including phenoxy) is 7. The van der Waals surface area contributed by atoms with Crippen molar-refractivity contribution < 1.29 is 52.3 Å². The summed E-state index contributed by atoms with van der Waals surface area (Å²) in [6.07, 6.45) is -6.71. The highest BCUT2D eigenvalue weighted by Gasteiger charge is 2.55. The second kappa shape index (κ2) is 14.6. The van der Waals surface area contributed by atoms with Crippen LogP contribution in [0.25, 0.3) is 0 Å². The van der Waals surface area contributed by atoms with Gasteiger partial charge in [0.05, 0.1) is 26.4 Å². The molecule has 2 fully saturated rings. The fourth-order valence-corrected chi connectivity index (χ4v) is 4.62. The Balaban J connectivity index is 1.45. The topological polar surface area (TPSA) is 157 Å². The van der Waals surface area contributed by atoms with E-state index in [1.54, 1.807) is 24.3 Å². The fraction of sp³-hybridized carbons (Fsp3) is 0.448. The Morgan fingerprint density at radius 1 is 1.00 bits per heavy atom. The van der Waals surface area contributed by atoms with Crippen molar-refractivity contribution in [1.82, 2.24) is 10.6 Å². The van der Waals surface area contributed by atoms with Crippen LogP contribution >= 0.6 is 0 Å². The maximum Gasteiger partial charge on any atom is 0.408 e. The minimum Gasteiger partial charge on any atom is -0.467 e. The molecule has 0 saturated carbocycles. The second-order valence-electron chi connectivity index (χ2n) is 9.71. The molecular weight excluding hydrogens is 552 g/mol. The first-order valence-corrected chi connectivity index (χ1v) is 13.4. The molecule has 2 saturated heterocycles. The van der Waals surface area contributed by atoms with E-state index < -0.39 is 66.9 Å². The molecule has 2 amide bonds. The van der Waals surface area contributed by atoms with Gasteiger partial charge in [0.1, 0.15) is 18.8 Å². The number of amides is 2. The van der Waals surface area contributed by atoms with Gasteiger partial charge in [-0.05, 0) is 18.1 Å². The van der Waals surface area contributed by atoms with E-state index in [0.717, 1.165) is 11.1 Å². The quantitative estimate of drug-likeness (QED) is 0.278. The SMILES string of the molecule is COC(=O)[C@@H](NC(=O)OCc1ccccc1)[C@@H](C)O[C@@H]1O[C@H](COCc2ccccc2)[C@H](OC(C)=O)[C@@H]2OC(=O)N[C@@H]12. The van der Waals surface area contributed by atoms with Gasteiger partial charge in [0.2, 0.25) is 0 Å². The van der Waals surface area contributed by atoms with Gasteiger partial charge in [0.15, 0.2) is 24.5 Å². The predicted molar refractivity (Wildman–Crippen MR) is 144 cm³/mol.